The Kier molecular flexibility index (Phi) is 6.88. The van der Waals surface area contributed by atoms with Gasteiger partial charge in [-0.2, -0.15) is 10.0 Å². The predicted octanol–water partition coefficient (Wildman–Crippen LogP) is 2.70. The third-order valence-corrected chi connectivity index (χ3v) is 9.86. The number of hydrogen-bond donors (Lipinski definition) is 3. The number of aldehydes is 1. The highest BCUT2D eigenvalue weighted by Crippen LogP contribution is 2.70. The van der Waals surface area contributed by atoms with Crippen molar-refractivity contribution < 1.29 is 24.2 Å². The molecule has 0 fully saturated rings. The molecular weight excluding hydrogens is 428 g/mol. The molecule has 1 heterocycles. The molecule has 7 nitrogen and oxygen atoms in total. The van der Waals surface area contributed by atoms with Gasteiger partial charge in [0.25, 0.3) is 0 Å². The topological polar surface area (TPSA) is 133 Å². The van der Waals surface area contributed by atoms with Crippen molar-refractivity contribution in [2.24, 2.45) is 11.5 Å². The average molecular weight is 457 g/mol. The zero-order valence-corrected chi connectivity index (χ0v) is 18.9. The van der Waals surface area contributed by atoms with Crippen molar-refractivity contribution in [1.29, 1.82) is 0 Å². The van der Waals surface area contributed by atoms with E-state index >= 15 is 0 Å². The molecule has 2 aromatic rings. The number of carboxylic acids is 1. The number of allylic oxidation sites excluding steroid dienone is 1. The number of benzene rings is 2. The van der Waals surface area contributed by atoms with Gasteiger partial charge in [-0.05, 0) is 28.5 Å². The standard InChI is InChI=1S/C24H28N2O5S/c1-32(2)18(13-14-27)20(23(26)30)22(25)24(32,15-19(28)29)31-21(16-9-5-3-6-10-16)17-11-7-4-8-12-17/h3-12,14,21-22H,13,15,25H2,1-2H3,(H2,26,30)(H,28,29). The third kappa shape index (κ3) is 4.09. The Morgan fingerprint density at radius 2 is 1.59 bits per heavy atom. The van der Waals surface area contributed by atoms with E-state index in [9.17, 15) is 19.5 Å². The molecule has 0 saturated heterocycles. The van der Waals surface area contributed by atoms with Gasteiger partial charge in [0.15, 0.2) is 0 Å². The molecule has 0 radical (unpaired) electrons. The maximum Gasteiger partial charge on any atom is 0.307 e. The summed E-state index contributed by atoms with van der Waals surface area (Å²) in [4.78, 5) is 34.9. The Hall–Kier alpha value is -2.94. The van der Waals surface area contributed by atoms with Crippen LogP contribution in [0.25, 0.3) is 0 Å². The number of nitrogens with two attached hydrogens (primary N) is 2. The summed E-state index contributed by atoms with van der Waals surface area (Å²) in [5, 5.41) is 9.86. The normalized spacial score (nSPS) is 23.2. The molecule has 0 aromatic heterocycles. The van der Waals surface area contributed by atoms with E-state index in [1.165, 1.54) is 0 Å². The lowest BCUT2D eigenvalue weighted by Crippen LogP contribution is -2.53. The smallest absolute Gasteiger partial charge is 0.307 e. The highest BCUT2D eigenvalue weighted by molar-refractivity contribution is 8.37. The van der Waals surface area contributed by atoms with Gasteiger partial charge in [-0.1, -0.05) is 60.7 Å². The fraction of sp³-hybridized carbons (Fsp3) is 0.292. The van der Waals surface area contributed by atoms with E-state index in [1.807, 2.05) is 73.2 Å². The van der Waals surface area contributed by atoms with Crippen LogP contribution in [-0.4, -0.2) is 46.8 Å². The van der Waals surface area contributed by atoms with E-state index in [-0.39, 0.29) is 12.0 Å². The molecule has 8 heteroatoms. The van der Waals surface area contributed by atoms with Crippen LogP contribution in [0.3, 0.4) is 0 Å². The summed E-state index contributed by atoms with van der Waals surface area (Å²) in [7, 11) is -2.18. The molecule has 3 rings (SSSR count). The van der Waals surface area contributed by atoms with Gasteiger partial charge in [0, 0.05) is 12.0 Å². The van der Waals surface area contributed by atoms with Crippen LogP contribution in [0.5, 0.6) is 0 Å². The van der Waals surface area contributed by atoms with Crippen LogP contribution in [0.1, 0.15) is 30.1 Å². The van der Waals surface area contributed by atoms with Gasteiger partial charge in [-0.25, -0.2) is 0 Å². The van der Waals surface area contributed by atoms with Gasteiger partial charge in [0.2, 0.25) is 5.91 Å². The van der Waals surface area contributed by atoms with Crippen LogP contribution < -0.4 is 11.5 Å². The first-order valence-corrected chi connectivity index (χ1v) is 12.5. The molecule has 2 atom stereocenters. The van der Waals surface area contributed by atoms with Gasteiger partial charge >= 0.3 is 5.97 Å². The predicted molar refractivity (Wildman–Crippen MR) is 125 cm³/mol. The largest absolute Gasteiger partial charge is 0.481 e. The molecule has 0 spiro atoms. The molecule has 170 valence electrons. The highest BCUT2D eigenvalue weighted by Gasteiger charge is 2.59. The molecule has 32 heavy (non-hydrogen) atoms. The van der Waals surface area contributed by atoms with Crippen LogP contribution in [0.4, 0.5) is 0 Å². The summed E-state index contributed by atoms with van der Waals surface area (Å²) < 4.78 is 6.73. The minimum absolute atomic E-state index is 0.0552. The first-order chi connectivity index (χ1) is 15.2. The fourth-order valence-electron chi connectivity index (χ4n) is 4.40. The molecule has 1 aliphatic rings. The first kappa shape index (κ1) is 23.7. The minimum Gasteiger partial charge on any atom is -0.481 e. The van der Waals surface area contributed by atoms with Gasteiger partial charge in [-0.3, -0.25) is 9.59 Å². The van der Waals surface area contributed by atoms with Crippen molar-refractivity contribution in [3.63, 3.8) is 0 Å². The van der Waals surface area contributed by atoms with E-state index in [4.69, 9.17) is 16.2 Å². The third-order valence-electron chi connectivity index (χ3n) is 6.02. The second-order valence-electron chi connectivity index (χ2n) is 8.08. The lowest BCUT2D eigenvalue weighted by molar-refractivity contribution is -0.143. The van der Waals surface area contributed by atoms with E-state index < -0.39 is 45.4 Å². The van der Waals surface area contributed by atoms with Crippen molar-refractivity contribution in [3.8, 4) is 0 Å². The van der Waals surface area contributed by atoms with Crippen LogP contribution in [0.15, 0.2) is 71.1 Å². The van der Waals surface area contributed by atoms with Crippen molar-refractivity contribution in [3.05, 3.63) is 82.3 Å². The van der Waals surface area contributed by atoms with Gasteiger partial charge in [-0.15, -0.1) is 0 Å². The summed E-state index contributed by atoms with van der Waals surface area (Å²) in [6.45, 7) is 0. The van der Waals surface area contributed by atoms with E-state index in [1.54, 1.807) is 0 Å². The Morgan fingerprint density at radius 3 is 2.00 bits per heavy atom. The summed E-state index contributed by atoms with van der Waals surface area (Å²) in [6, 6.07) is 17.7. The van der Waals surface area contributed by atoms with E-state index in [0.29, 0.717) is 11.2 Å². The molecule has 2 aromatic carbocycles. The lowest BCUT2D eigenvalue weighted by atomic mass is 9.96. The van der Waals surface area contributed by atoms with Gasteiger partial charge in [0.05, 0.1) is 12.5 Å². The second-order valence-corrected chi connectivity index (χ2v) is 11.9. The highest BCUT2D eigenvalue weighted by atomic mass is 32.3. The molecule has 0 aliphatic carbocycles. The summed E-state index contributed by atoms with van der Waals surface area (Å²) >= 11 is 0. The number of primary amides is 1. The number of rotatable bonds is 9. The van der Waals surface area contributed by atoms with Crippen molar-refractivity contribution >= 4 is 28.2 Å². The monoisotopic (exact) mass is 456 g/mol. The SMILES string of the molecule is CS1(C)C(CC=O)=C(C(N)=O)C(N)C1(CC(=O)O)OC(c1ccccc1)c1ccccc1. The van der Waals surface area contributed by atoms with Crippen LogP contribution in [-0.2, 0) is 19.1 Å². The Bertz CT molecular complexity index is 999. The minimum atomic E-state index is -2.18. The maximum atomic E-state index is 12.4. The van der Waals surface area contributed by atoms with Crippen LogP contribution >= 0.6 is 10.0 Å². The number of carboxylic acid groups (broad SMARTS) is 1. The number of ether oxygens (including phenoxy) is 1. The van der Waals surface area contributed by atoms with Crippen molar-refractivity contribution in [2.75, 3.05) is 12.5 Å². The molecular formula is C24H28N2O5S. The average Bonchev–Trinajstić information content (AvgIpc) is 2.91. The maximum absolute atomic E-state index is 12.4. The number of amides is 1. The number of carbonyl (C=O) groups excluding carboxylic acids is 2. The van der Waals surface area contributed by atoms with Crippen LogP contribution in [0, 0.1) is 0 Å². The Labute approximate surface area is 188 Å². The first-order valence-electron chi connectivity index (χ1n) is 10.1. The van der Waals surface area contributed by atoms with E-state index in [0.717, 1.165) is 11.1 Å². The zero-order chi connectivity index (χ0) is 23.5. The molecule has 1 aliphatic heterocycles. The molecule has 0 bridgehead atoms. The summed E-state index contributed by atoms with van der Waals surface area (Å²) in [6.07, 6.45) is 3.21. The zero-order valence-electron chi connectivity index (χ0n) is 18.1. The lowest BCUT2D eigenvalue weighted by Gasteiger charge is -2.50. The Balaban J connectivity index is 2.22. The fourth-order valence-corrected chi connectivity index (χ4v) is 7.65. The van der Waals surface area contributed by atoms with E-state index in [2.05, 4.69) is 0 Å². The second kappa shape index (κ2) is 9.28. The van der Waals surface area contributed by atoms with Crippen molar-refractivity contribution in [2.45, 2.75) is 29.9 Å². The quantitative estimate of drug-likeness (QED) is 0.497. The van der Waals surface area contributed by atoms with Gasteiger partial charge < -0.3 is 26.1 Å². The van der Waals surface area contributed by atoms with Gasteiger partial charge in [0.1, 0.15) is 17.3 Å². The molecule has 2 unspecified atom stereocenters. The molecule has 1 amide bonds. The molecule has 5 N–H and O–H groups in total. The number of hydrogen-bond acceptors (Lipinski definition) is 5. The summed E-state index contributed by atoms with van der Waals surface area (Å²) in [5.41, 5.74) is 13.9. The Morgan fingerprint density at radius 1 is 1.09 bits per heavy atom. The molecule has 0 saturated carbocycles. The van der Waals surface area contributed by atoms with Crippen molar-refractivity contribution in [1.82, 2.24) is 0 Å². The van der Waals surface area contributed by atoms with Crippen LogP contribution in [0.2, 0.25) is 0 Å². The summed E-state index contributed by atoms with van der Waals surface area (Å²) in [5.74, 6) is -1.88. The number of aliphatic carboxylic acids is 1. The number of carbonyl (C=O) groups is 3.